The molecule has 0 radical (unpaired) electrons. The van der Waals surface area contributed by atoms with E-state index >= 15 is 0 Å². The van der Waals surface area contributed by atoms with Crippen molar-refractivity contribution in [2.45, 2.75) is 39.5 Å². The first kappa shape index (κ1) is 23.0. The van der Waals surface area contributed by atoms with Crippen LogP contribution in [-0.2, 0) is 28.8 Å². The molecule has 168 valence electrons. The largest absolute Gasteiger partial charge is 0.462 e. The summed E-state index contributed by atoms with van der Waals surface area (Å²) in [6.45, 7) is 4.13. The zero-order valence-electron chi connectivity index (χ0n) is 17.9. The minimum absolute atomic E-state index is 0.300. The lowest BCUT2D eigenvalue weighted by Crippen LogP contribution is -2.12. The van der Waals surface area contributed by atoms with E-state index in [9.17, 15) is 13.6 Å². The van der Waals surface area contributed by atoms with E-state index in [1.807, 2.05) is 43.3 Å². The van der Waals surface area contributed by atoms with Crippen LogP contribution < -0.4 is 4.72 Å². The predicted octanol–water partition coefficient (Wildman–Crippen LogP) is 6.65. The molecule has 3 aromatic rings. The van der Waals surface area contributed by atoms with Crippen molar-refractivity contribution in [3.05, 3.63) is 63.0 Å². The molecule has 2 aromatic carbocycles. The standard InChI is InChI=1S/C24H24ClNO4S2/c1-3-30-24(27)23-21(14(2)22(31-23)15-8-10-16(25)11-9-15)19-12-13-20(26-32(28)29)18-7-5-4-6-17(18)19/h8-13,26H,3-7H2,1-2H3,(H,28,29). The van der Waals surface area contributed by atoms with Gasteiger partial charge >= 0.3 is 5.97 Å². The Morgan fingerprint density at radius 1 is 1.16 bits per heavy atom. The molecule has 0 saturated carbocycles. The predicted molar refractivity (Wildman–Crippen MR) is 132 cm³/mol. The van der Waals surface area contributed by atoms with Crippen molar-refractivity contribution in [3.63, 3.8) is 0 Å². The molecule has 0 amide bonds. The summed E-state index contributed by atoms with van der Waals surface area (Å²) in [4.78, 5) is 14.5. The number of nitrogens with one attached hydrogen (secondary N) is 1. The van der Waals surface area contributed by atoms with E-state index in [1.54, 1.807) is 6.92 Å². The average Bonchev–Trinajstić information content (AvgIpc) is 3.11. The molecule has 1 heterocycles. The molecule has 1 unspecified atom stereocenters. The Hall–Kier alpha value is -2.19. The van der Waals surface area contributed by atoms with Crippen molar-refractivity contribution in [1.29, 1.82) is 0 Å². The zero-order valence-corrected chi connectivity index (χ0v) is 20.3. The first-order valence-corrected chi connectivity index (χ1v) is 12.8. The Labute approximate surface area is 199 Å². The molecule has 1 atom stereocenters. The maximum atomic E-state index is 13.0. The summed E-state index contributed by atoms with van der Waals surface area (Å²) in [6, 6.07) is 11.4. The first-order valence-electron chi connectivity index (χ1n) is 10.5. The lowest BCUT2D eigenvalue weighted by molar-refractivity contribution is 0.0533. The number of carbonyl (C=O) groups excluding carboxylic acids is 1. The van der Waals surface area contributed by atoms with Crippen LogP contribution in [0.1, 0.15) is 46.1 Å². The lowest BCUT2D eigenvalue weighted by Gasteiger charge is -2.23. The van der Waals surface area contributed by atoms with Crippen LogP contribution in [0.4, 0.5) is 5.69 Å². The van der Waals surface area contributed by atoms with Gasteiger partial charge in [-0.15, -0.1) is 11.3 Å². The molecule has 1 aromatic heterocycles. The van der Waals surface area contributed by atoms with Crippen molar-refractivity contribution in [2.24, 2.45) is 0 Å². The second-order valence-electron chi connectivity index (χ2n) is 7.66. The van der Waals surface area contributed by atoms with Crippen LogP contribution in [0.25, 0.3) is 21.6 Å². The molecule has 1 aliphatic carbocycles. The Balaban J connectivity index is 1.93. The van der Waals surface area contributed by atoms with Gasteiger partial charge in [-0.05, 0) is 85.5 Å². The number of carbonyl (C=O) groups is 1. The van der Waals surface area contributed by atoms with Crippen molar-refractivity contribution in [3.8, 4) is 21.6 Å². The Kier molecular flexibility index (Phi) is 7.00. The third-order valence-electron chi connectivity index (χ3n) is 5.72. The van der Waals surface area contributed by atoms with Crippen LogP contribution in [-0.4, -0.2) is 21.3 Å². The number of hydrogen-bond donors (Lipinski definition) is 2. The molecule has 8 heteroatoms. The van der Waals surface area contributed by atoms with Gasteiger partial charge in [0.1, 0.15) is 4.88 Å². The highest BCUT2D eigenvalue weighted by atomic mass is 35.5. The minimum Gasteiger partial charge on any atom is -0.462 e. The van der Waals surface area contributed by atoms with E-state index in [0.29, 0.717) is 22.2 Å². The number of rotatable bonds is 6. The van der Waals surface area contributed by atoms with Crippen LogP contribution in [0, 0.1) is 6.92 Å². The van der Waals surface area contributed by atoms with Crippen molar-refractivity contribution in [1.82, 2.24) is 0 Å². The van der Waals surface area contributed by atoms with Crippen LogP contribution in [0.3, 0.4) is 0 Å². The van der Waals surface area contributed by atoms with Gasteiger partial charge < -0.3 is 4.74 Å². The van der Waals surface area contributed by atoms with Gasteiger partial charge in [-0.1, -0.05) is 29.8 Å². The quantitative estimate of drug-likeness (QED) is 0.300. The van der Waals surface area contributed by atoms with E-state index < -0.39 is 11.3 Å². The smallest absolute Gasteiger partial charge is 0.348 e. The molecular formula is C24H24ClNO4S2. The second-order valence-corrected chi connectivity index (χ2v) is 9.82. The van der Waals surface area contributed by atoms with Gasteiger partial charge in [-0.3, -0.25) is 9.27 Å². The van der Waals surface area contributed by atoms with Crippen LogP contribution in [0.5, 0.6) is 0 Å². The molecule has 4 rings (SSSR count). The van der Waals surface area contributed by atoms with Gasteiger partial charge in [0.2, 0.25) is 0 Å². The number of esters is 1. The molecule has 1 aliphatic rings. The Bertz CT molecular complexity index is 1190. The van der Waals surface area contributed by atoms with Crippen LogP contribution in [0.2, 0.25) is 5.02 Å². The fraction of sp³-hybridized carbons (Fsp3) is 0.292. The third kappa shape index (κ3) is 4.48. The summed E-state index contributed by atoms with van der Waals surface area (Å²) in [5, 5.41) is 0.659. The Morgan fingerprint density at radius 3 is 2.50 bits per heavy atom. The lowest BCUT2D eigenvalue weighted by atomic mass is 9.84. The second kappa shape index (κ2) is 9.75. The molecular weight excluding hydrogens is 466 g/mol. The van der Waals surface area contributed by atoms with Gasteiger partial charge in [-0.25, -0.2) is 9.00 Å². The van der Waals surface area contributed by atoms with Gasteiger partial charge in [0, 0.05) is 15.5 Å². The minimum atomic E-state index is -2.14. The molecule has 0 spiro atoms. The fourth-order valence-electron chi connectivity index (χ4n) is 4.35. The van der Waals surface area contributed by atoms with Crippen molar-refractivity contribution in [2.75, 3.05) is 11.3 Å². The normalized spacial score (nSPS) is 14.0. The summed E-state index contributed by atoms with van der Waals surface area (Å²) in [7, 11) is 0. The van der Waals surface area contributed by atoms with Crippen LogP contribution >= 0.6 is 22.9 Å². The number of fused-ring (bicyclic) bond motifs is 1. The van der Waals surface area contributed by atoms with Crippen molar-refractivity contribution >= 4 is 45.9 Å². The maximum Gasteiger partial charge on any atom is 0.348 e. The third-order valence-corrected chi connectivity index (χ3v) is 7.68. The van der Waals surface area contributed by atoms with Gasteiger partial charge in [-0.2, -0.15) is 0 Å². The number of ether oxygens (including phenoxy) is 1. The monoisotopic (exact) mass is 489 g/mol. The molecule has 0 saturated heterocycles. The summed E-state index contributed by atoms with van der Waals surface area (Å²) >= 11 is 5.37. The maximum absolute atomic E-state index is 13.0. The highest BCUT2D eigenvalue weighted by Gasteiger charge is 2.27. The van der Waals surface area contributed by atoms with E-state index in [-0.39, 0.29) is 5.97 Å². The first-order chi connectivity index (χ1) is 15.4. The number of thiophene rings is 1. The average molecular weight is 490 g/mol. The Morgan fingerprint density at radius 2 is 1.84 bits per heavy atom. The number of anilines is 1. The van der Waals surface area contributed by atoms with E-state index in [2.05, 4.69) is 4.72 Å². The van der Waals surface area contributed by atoms with Gasteiger partial charge in [0.25, 0.3) is 11.3 Å². The molecule has 0 bridgehead atoms. The van der Waals surface area contributed by atoms with E-state index in [0.717, 1.165) is 63.9 Å². The number of hydrogen-bond acceptors (Lipinski definition) is 4. The van der Waals surface area contributed by atoms with Gasteiger partial charge in [0.15, 0.2) is 0 Å². The summed E-state index contributed by atoms with van der Waals surface area (Å²) in [6.07, 6.45) is 3.73. The van der Waals surface area contributed by atoms with Crippen LogP contribution in [0.15, 0.2) is 36.4 Å². The summed E-state index contributed by atoms with van der Waals surface area (Å²) in [5.74, 6) is -0.334. The highest BCUT2D eigenvalue weighted by Crippen LogP contribution is 2.46. The number of halogens is 1. The zero-order chi connectivity index (χ0) is 22.8. The van der Waals surface area contributed by atoms with E-state index in [1.165, 1.54) is 11.3 Å². The molecule has 2 N–H and O–H groups in total. The van der Waals surface area contributed by atoms with E-state index in [4.69, 9.17) is 16.3 Å². The summed E-state index contributed by atoms with van der Waals surface area (Å²) in [5.41, 5.74) is 6.73. The number of benzene rings is 2. The molecule has 32 heavy (non-hydrogen) atoms. The molecule has 0 fully saturated rings. The summed E-state index contributed by atoms with van der Waals surface area (Å²) < 4.78 is 28.8. The molecule has 5 nitrogen and oxygen atoms in total. The van der Waals surface area contributed by atoms with Crippen molar-refractivity contribution < 1.29 is 18.3 Å². The van der Waals surface area contributed by atoms with Gasteiger partial charge in [0.05, 0.1) is 12.3 Å². The SMILES string of the molecule is CCOC(=O)c1sc(-c2ccc(Cl)cc2)c(C)c1-c1ccc(NS(=O)O)c2c1CCCC2. The molecule has 0 aliphatic heterocycles. The fourth-order valence-corrected chi connectivity index (χ4v) is 6.07. The highest BCUT2D eigenvalue weighted by molar-refractivity contribution is 7.80. The topological polar surface area (TPSA) is 75.6 Å².